The molecule has 1 aliphatic heterocycles. The summed E-state index contributed by atoms with van der Waals surface area (Å²) in [6.07, 6.45) is 0.0745. The highest BCUT2D eigenvalue weighted by atomic mass is 16.4. The number of hydrogen-bond donors (Lipinski definition) is 24. The van der Waals surface area contributed by atoms with Crippen LogP contribution in [-0.2, 0) is 97.6 Å². The van der Waals surface area contributed by atoms with E-state index in [0.717, 1.165) is 6.92 Å². The van der Waals surface area contributed by atoms with Crippen LogP contribution in [0.25, 0.3) is 21.8 Å². The van der Waals surface area contributed by atoms with Crippen LogP contribution in [0.4, 0.5) is 0 Å². The summed E-state index contributed by atoms with van der Waals surface area (Å²) in [5, 5.41) is 96.4. The number of benzene rings is 3. The van der Waals surface area contributed by atoms with Crippen molar-refractivity contribution < 1.29 is 103 Å². The number of aromatic nitrogens is 4. The van der Waals surface area contributed by atoms with Gasteiger partial charge in [-0.15, -0.1) is 0 Å². The van der Waals surface area contributed by atoms with E-state index in [1.165, 1.54) is 41.7 Å². The number of likely N-dealkylation sites (tertiary alicyclic amines) is 1. The Hall–Kier alpha value is -13.0. The van der Waals surface area contributed by atoms with Crippen LogP contribution in [0.2, 0.25) is 0 Å². The molecule has 626 valence electrons. The number of aliphatic hydroxyl groups is 2. The molecular formula is C75H100N20O21. The molecule has 0 spiro atoms. The molecule has 12 amide bonds. The van der Waals surface area contributed by atoms with Crippen LogP contribution in [0, 0.1) is 11.3 Å². The van der Waals surface area contributed by atoms with E-state index in [9.17, 15) is 73.5 Å². The topological polar surface area (TPSA) is 675 Å². The summed E-state index contributed by atoms with van der Waals surface area (Å²) in [6, 6.07) is -0.153. The Bertz CT molecular complexity index is 4490. The lowest BCUT2D eigenvalue weighted by atomic mass is 9.96. The summed E-state index contributed by atoms with van der Waals surface area (Å²) in [4.78, 5) is 221. The van der Waals surface area contributed by atoms with E-state index in [0.29, 0.717) is 38.5 Å². The summed E-state index contributed by atoms with van der Waals surface area (Å²) < 4.78 is 0. The molecule has 116 heavy (non-hydrogen) atoms. The average Bonchev–Trinajstić information content (AvgIpc) is 1.66. The number of carboxylic acid groups (broad SMARTS) is 3. The lowest BCUT2D eigenvalue weighted by Gasteiger charge is -2.31. The third kappa shape index (κ3) is 26.5. The number of guanidine groups is 1. The molecule has 6 aromatic rings. The molecule has 1 saturated heterocycles. The maximum absolute atomic E-state index is 15.7. The number of carbonyl (C=O) groups excluding carboxylic acids is 12. The van der Waals surface area contributed by atoms with Crippen molar-refractivity contribution in [1.29, 1.82) is 5.41 Å². The first-order valence-electron chi connectivity index (χ1n) is 37.4. The molecule has 1 fully saturated rings. The highest BCUT2D eigenvalue weighted by Crippen LogP contribution is 2.26. The van der Waals surface area contributed by atoms with Crippen LogP contribution in [0.3, 0.4) is 0 Å². The highest BCUT2D eigenvalue weighted by Gasteiger charge is 2.43. The molecule has 41 nitrogen and oxygen atoms in total. The molecule has 14 atom stereocenters. The number of amides is 12. The summed E-state index contributed by atoms with van der Waals surface area (Å²) in [6.45, 7) is 3.13. The normalized spacial score (nSPS) is 15.9. The maximum Gasteiger partial charge on any atom is 0.326 e. The van der Waals surface area contributed by atoms with E-state index < -0.39 is 218 Å². The van der Waals surface area contributed by atoms with Crippen LogP contribution in [0.1, 0.15) is 107 Å². The number of aliphatic carboxylic acids is 3. The lowest BCUT2D eigenvalue weighted by molar-refractivity contribution is -0.144. The molecule has 27 N–H and O–H groups in total. The predicted molar refractivity (Wildman–Crippen MR) is 413 cm³/mol. The van der Waals surface area contributed by atoms with Gasteiger partial charge in [0, 0.05) is 97.7 Å². The SMILES string of the molecule is CC[C@H](C)[C@H](NC(=O)[C@H](Cc1ccc(O)cc1)NC(=O)[C@H](Cc1c[nH]c2ccccc12)NC(=O)[C@@H]1CCCN1C(=O)[C@H](Cc1c[nH]c2ccccc12)NC(=O)[C@H](CCCNC(=N)N)NC(=O)[C@H](Cc1cnc[nH]1)NC(=O)[C@@H](NC(=O)[C@@H](N)CC(=O)O)[C@@H](C)O)C(=O)N[C@@H](CO)C(=O)N[C@@H](CCC(N)=O)C(=O)N[C@@H](CCC(=O)O)C(=O)O. The van der Waals surface area contributed by atoms with Crippen molar-refractivity contribution in [3.05, 3.63) is 120 Å². The number of nitrogens with zero attached hydrogens (tertiary/aromatic N) is 2. The van der Waals surface area contributed by atoms with Crippen molar-refractivity contribution >= 4 is 117 Å². The summed E-state index contributed by atoms with van der Waals surface area (Å²) in [7, 11) is 0. The third-order valence-corrected chi connectivity index (χ3v) is 19.5. The van der Waals surface area contributed by atoms with E-state index in [1.54, 1.807) is 74.8 Å². The molecule has 41 heteroatoms. The molecule has 3 aromatic heterocycles. The van der Waals surface area contributed by atoms with Crippen molar-refractivity contribution in [2.45, 2.75) is 189 Å². The third-order valence-electron chi connectivity index (χ3n) is 19.5. The molecular weight excluding hydrogens is 1520 g/mol. The minimum absolute atomic E-state index is 0.00506. The molecule has 0 bridgehead atoms. The zero-order valence-electron chi connectivity index (χ0n) is 63.8. The molecule has 0 aliphatic carbocycles. The van der Waals surface area contributed by atoms with Gasteiger partial charge in [-0.3, -0.25) is 72.5 Å². The second-order valence-corrected chi connectivity index (χ2v) is 28.2. The number of nitrogens with one attached hydrogen (secondary N) is 15. The van der Waals surface area contributed by atoms with Crippen molar-refractivity contribution in [2.75, 3.05) is 19.7 Å². The zero-order valence-corrected chi connectivity index (χ0v) is 63.8. The van der Waals surface area contributed by atoms with Crippen LogP contribution in [0.15, 0.2) is 97.7 Å². The number of fused-ring (bicyclic) bond motifs is 2. The van der Waals surface area contributed by atoms with Gasteiger partial charge in [-0.1, -0.05) is 68.8 Å². The Morgan fingerprint density at radius 1 is 0.569 bits per heavy atom. The van der Waals surface area contributed by atoms with Gasteiger partial charge in [0.15, 0.2) is 5.96 Å². The highest BCUT2D eigenvalue weighted by molar-refractivity contribution is 6.01. The first kappa shape index (κ1) is 90.1. The molecule has 3 aromatic carbocycles. The van der Waals surface area contributed by atoms with E-state index >= 15 is 24.0 Å². The molecule has 1 aliphatic rings. The van der Waals surface area contributed by atoms with Gasteiger partial charge in [-0.25, -0.2) is 9.78 Å². The number of phenolic OH excluding ortho intramolecular Hbond substituents is 1. The number of aromatic hydroxyl groups is 1. The Kier molecular flexibility index (Phi) is 33.6. The van der Waals surface area contributed by atoms with Crippen LogP contribution in [-0.4, -0.2) is 249 Å². The minimum atomic E-state index is -1.90. The number of primary amides is 1. The number of aliphatic hydroxyl groups excluding tert-OH is 2. The molecule has 0 unspecified atom stereocenters. The van der Waals surface area contributed by atoms with Crippen molar-refractivity contribution in [3.63, 3.8) is 0 Å². The number of rotatable bonds is 46. The fourth-order valence-corrected chi connectivity index (χ4v) is 13.0. The van der Waals surface area contributed by atoms with Crippen LogP contribution >= 0.6 is 0 Å². The number of H-pyrrole nitrogens is 3. The Labute approximate surface area is 663 Å². The standard InChI is InChI=1S/C75H100N20O21/c1-4-37(2)61(71(112)92-56(35-96)69(110)86-50(21-23-58(77)99)65(106)87-51(74(115)116)22-24-59(100)101)93-68(109)52(27-39-17-19-43(98)20-18-39)88-66(107)53(28-40-32-82-47-13-7-5-11-44(40)47)89-70(111)57-16-10-26-95(57)73(114)55(29-41-33-83-48-14-8-6-12-45(41)48)91-64(105)49(15-9-25-81-75(78)79)85-67(108)54(30-42-34-80-36-84-42)90-72(113)62(38(3)97)94-63(104)46(76)31-60(102)103/h5-8,11-14,17-20,32-34,36-38,46,49-57,61-62,82-83,96-98H,4,9-10,15-16,21-31,35,76H2,1-3H3,(H2,77,99)(H,80,84)(H,85,108)(H,86,110)(H,87,106)(H,88,107)(H,89,111)(H,90,113)(H,91,105)(H,92,112)(H,93,109)(H,94,104)(H,100,101)(H,102,103)(H,115,116)(H4,78,79,81)/t37-,38+,46-,49-,50-,51-,52-,53-,54-,55-,56-,57-,61-,62-/m0/s1. The smallest absolute Gasteiger partial charge is 0.326 e. The van der Waals surface area contributed by atoms with E-state index in [-0.39, 0.29) is 82.3 Å². The van der Waals surface area contributed by atoms with Crippen LogP contribution < -0.4 is 75.7 Å². The molecule has 4 heterocycles. The number of imidazole rings is 1. The summed E-state index contributed by atoms with van der Waals surface area (Å²) >= 11 is 0. The minimum Gasteiger partial charge on any atom is -0.508 e. The van der Waals surface area contributed by atoms with Gasteiger partial charge in [-0.2, -0.15) is 0 Å². The van der Waals surface area contributed by atoms with Gasteiger partial charge in [0.25, 0.3) is 0 Å². The first-order valence-corrected chi connectivity index (χ1v) is 37.4. The van der Waals surface area contributed by atoms with Crippen LogP contribution in [0.5, 0.6) is 5.75 Å². The first-order chi connectivity index (χ1) is 55.1. The Morgan fingerprint density at radius 3 is 1.62 bits per heavy atom. The Balaban J connectivity index is 1.18. The fourth-order valence-electron chi connectivity index (χ4n) is 13.0. The number of aromatic amines is 3. The Morgan fingerprint density at radius 2 is 1.07 bits per heavy atom. The number of nitrogens with two attached hydrogens (primary N) is 3. The van der Waals surface area contributed by atoms with E-state index in [4.69, 9.17) is 27.7 Å². The quantitative estimate of drug-likeness (QED) is 0.00981. The number of carboxylic acids is 3. The maximum atomic E-state index is 15.7. The summed E-state index contributed by atoms with van der Waals surface area (Å²) in [5.74, 6) is -18.1. The van der Waals surface area contributed by atoms with Crippen molar-refractivity contribution in [3.8, 4) is 5.75 Å². The van der Waals surface area contributed by atoms with Gasteiger partial charge in [-0.05, 0) is 92.3 Å². The second kappa shape index (κ2) is 43.3. The monoisotopic (exact) mass is 1620 g/mol. The van der Waals surface area contributed by atoms with E-state index in [2.05, 4.69) is 78.4 Å². The van der Waals surface area contributed by atoms with Gasteiger partial charge in [0.1, 0.15) is 72.2 Å². The van der Waals surface area contributed by atoms with Gasteiger partial charge >= 0.3 is 17.9 Å². The van der Waals surface area contributed by atoms with Crippen molar-refractivity contribution in [2.24, 2.45) is 23.1 Å². The van der Waals surface area contributed by atoms with Gasteiger partial charge in [0.05, 0.1) is 31.5 Å². The number of carbonyl (C=O) groups is 15. The second-order valence-electron chi connectivity index (χ2n) is 28.2. The predicted octanol–water partition coefficient (Wildman–Crippen LogP) is -4.11. The lowest BCUT2D eigenvalue weighted by Crippen LogP contribution is -2.62. The largest absolute Gasteiger partial charge is 0.508 e. The summed E-state index contributed by atoms with van der Waals surface area (Å²) in [5.41, 5.74) is 19.6. The number of phenols is 1. The van der Waals surface area contributed by atoms with Gasteiger partial charge < -0.3 is 126 Å². The van der Waals surface area contributed by atoms with E-state index in [1.807, 2.05) is 0 Å². The zero-order chi connectivity index (χ0) is 85.0. The average molecular weight is 1620 g/mol. The van der Waals surface area contributed by atoms with Gasteiger partial charge in [0.2, 0.25) is 70.9 Å². The molecule has 0 saturated carbocycles. The molecule has 7 rings (SSSR count). The fraction of sp³-hybridized carbons (Fsp3) is 0.453. The number of para-hydroxylation sites is 2. The number of hydrogen-bond acceptors (Lipinski definition) is 21. The molecule has 0 radical (unpaired) electrons. The van der Waals surface area contributed by atoms with Crippen molar-refractivity contribution in [1.82, 2.24) is 83.3 Å².